The molecule has 4 nitrogen and oxygen atoms in total. The molecule has 1 aliphatic heterocycles. The second kappa shape index (κ2) is 5.89. The van der Waals surface area contributed by atoms with Crippen molar-refractivity contribution in [2.24, 2.45) is 0 Å². The Kier molecular flexibility index (Phi) is 5.29. The minimum atomic E-state index is -0.830. The number of aromatic hydroxyl groups is 1. The van der Waals surface area contributed by atoms with Crippen molar-refractivity contribution in [2.75, 3.05) is 0 Å². The van der Waals surface area contributed by atoms with Crippen molar-refractivity contribution in [2.45, 2.75) is 19.0 Å². The predicted octanol–water partition coefficient (Wildman–Crippen LogP) is 2.12. The second-order valence-corrected chi connectivity index (χ2v) is 5.88. The van der Waals surface area contributed by atoms with Crippen LogP contribution in [0.4, 0.5) is 0 Å². The maximum atomic E-state index is 10.9. The van der Waals surface area contributed by atoms with E-state index in [1.54, 1.807) is 0 Å². The van der Waals surface area contributed by atoms with E-state index in [1.165, 1.54) is 0 Å². The first-order valence-corrected chi connectivity index (χ1v) is 6.81. The van der Waals surface area contributed by atoms with E-state index in [0.29, 0.717) is 13.0 Å². The number of hydrogen-bond acceptors (Lipinski definition) is 3. The van der Waals surface area contributed by atoms with E-state index < -0.39 is 12.0 Å². The zero-order valence-electron chi connectivity index (χ0n) is 8.54. The van der Waals surface area contributed by atoms with Gasteiger partial charge in [-0.1, -0.05) is 0 Å². The minimum Gasteiger partial charge on any atom is -0.506 e. The Morgan fingerprint density at radius 3 is 2.71 bits per heavy atom. The van der Waals surface area contributed by atoms with Crippen LogP contribution in [0.15, 0.2) is 6.07 Å². The molecule has 0 saturated heterocycles. The van der Waals surface area contributed by atoms with Crippen LogP contribution in [0.5, 0.6) is 5.75 Å². The molecule has 0 aromatic heterocycles. The van der Waals surface area contributed by atoms with Gasteiger partial charge in [-0.2, -0.15) is 0 Å². The minimum absolute atomic E-state index is 0. The molecule has 0 amide bonds. The summed E-state index contributed by atoms with van der Waals surface area (Å²) in [6.07, 6.45) is 0.469. The van der Waals surface area contributed by atoms with Crippen LogP contribution in [0.2, 0.25) is 0 Å². The molecule has 0 saturated carbocycles. The normalized spacial score (nSPS) is 18.1. The van der Waals surface area contributed by atoms with E-state index in [4.69, 9.17) is 5.11 Å². The van der Waals surface area contributed by atoms with Gasteiger partial charge in [-0.3, -0.25) is 10.1 Å². The molecule has 0 fully saturated rings. The molecule has 1 unspecified atom stereocenters. The van der Waals surface area contributed by atoms with Crippen LogP contribution < -0.4 is 5.32 Å². The molecule has 1 aromatic carbocycles. The third kappa shape index (κ3) is 2.96. The predicted molar refractivity (Wildman–Crippen MR) is 82.8 cm³/mol. The lowest BCUT2D eigenvalue weighted by Gasteiger charge is -2.24. The van der Waals surface area contributed by atoms with Gasteiger partial charge in [0.05, 0.1) is 7.14 Å². The lowest BCUT2D eigenvalue weighted by molar-refractivity contribution is -0.139. The number of rotatable bonds is 1. The van der Waals surface area contributed by atoms with E-state index in [-0.39, 0.29) is 18.2 Å². The van der Waals surface area contributed by atoms with Gasteiger partial charge in [0.25, 0.3) is 0 Å². The van der Waals surface area contributed by atoms with Crippen LogP contribution in [-0.4, -0.2) is 22.2 Å². The summed E-state index contributed by atoms with van der Waals surface area (Å²) < 4.78 is 1.59. The van der Waals surface area contributed by atoms with Crippen molar-refractivity contribution in [1.29, 1.82) is 0 Å². The summed E-state index contributed by atoms with van der Waals surface area (Å²) in [6.45, 7) is 0.495. The summed E-state index contributed by atoms with van der Waals surface area (Å²) in [5.41, 5.74) is 2.02. The van der Waals surface area contributed by atoms with Crippen LogP contribution in [0.25, 0.3) is 0 Å². The highest BCUT2D eigenvalue weighted by Gasteiger charge is 2.26. The van der Waals surface area contributed by atoms with Crippen molar-refractivity contribution in [1.82, 2.24) is 5.32 Å². The average Bonchev–Trinajstić information content (AvgIpc) is 2.25. The van der Waals surface area contributed by atoms with Gasteiger partial charge in [-0.25, -0.2) is 0 Å². The first kappa shape index (κ1) is 15.3. The quantitative estimate of drug-likeness (QED) is 0.538. The van der Waals surface area contributed by atoms with Crippen LogP contribution in [0.1, 0.15) is 11.1 Å². The standard InChI is InChI=1S/C10H9I2NO3.ClH/c11-6-1-4-2-7(10(15)16)13-3-5(4)8(12)9(6)14;/h1,7,13-14H,2-3H2,(H,15,16);1H. The molecule has 0 aliphatic carbocycles. The third-order valence-corrected chi connectivity index (χ3v) is 4.62. The van der Waals surface area contributed by atoms with Crippen LogP contribution in [-0.2, 0) is 17.8 Å². The maximum Gasteiger partial charge on any atom is 0.321 e. The van der Waals surface area contributed by atoms with E-state index >= 15 is 0 Å². The van der Waals surface area contributed by atoms with Crippen LogP contribution >= 0.6 is 57.6 Å². The number of carboxylic acid groups (broad SMARTS) is 1. The van der Waals surface area contributed by atoms with Gasteiger partial charge in [-0.05, 0) is 68.8 Å². The molecule has 0 bridgehead atoms. The molecule has 17 heavy (non-hydrogen) atoms. The fourth-order valence-corrected chi connectivity index (χ4v) is 3.75. The van der Waals surface area contributed by atoms with Crippen LogP contribution in [0, 0.1) is 7.14 Å². The molecule has 1 heterocycles. The van der Waals surface area contributed by atoms with Crippen molar-refractivity contribution >= 4 is 63.6 Å². The molecule has 1 aromatic rings. The number of phenols is 1. The summed E-state index contributed by atoms with van der Waals surface area (Å²) in [5.74, 6) is -0.542. The van der Waals surface area contributed by atoms with E-state index in [2.05, 4.69) is 50.5 Å². The molecular formula is C10H10ClI2NO3. The number of nitrogens with one attached hydrogen (secondary N) is 1. The Labute approximate surface area is 132 Å². The monoisotopic (exact) mass is 481 g/mol. The molecule has 1 atom stereocenters. The number of aliphatic carboxylic acids is 1. The number of phenolic OH excluding ortho intramolecular Hbond substituents is 1. The summed E-state index contributed by atoms with van der Waals surface area (Å²) in [6, 6.07) is 1.34. The van der Waals surface area contributed by atoms with Crippen molar-refractivity contribution in [3.8, 4) is 5.75 Å². The Hall–Kier alpha value is 0.200. The molecule has 7 heteroatoms. The smallest absolute Gasteiger partial charge is 0.321 e. The Bertz CT molecular complexity index is 467. The highest BCUT2D eigenvalue weighted by Crippen LogP contribution is 2.33. The SMILES string of the molecule is Cl.O=C(O)C1Cc2cc(I)c(O)c(I)c2CN1. The Morgan fingerprint density at radius 2 is 2.12 bits per heavy atom. The highest BCUT2D eigenvalue weighted by molar-refractivity contribution is 14.1. The molecule has 3 N–H and O–H groups in total. The first-order chi connectivity index (χ1) is 7.50. The Morgan fingerprint density at radius 1 is 1.47 bits per heavy atom. The number of fused-ring (bicyclic) bond motifs is 1. The number of benzene rings is 1. The van der Waals surface area contributed by atoms with E-state index in [1.807, 2.05) is 6.07 Å². The topological polar surface area (TPSA) is 69.6 Å². The first-order valence-electron chi connectivity index (χ1n) is 4.65. The van der Waals surface area contributed by atoms with Crippen molar-refractivity contribution in [3.63, 3.8) is 0 Å². The van der Waals surface area contributed by atoms with Crippen molar-refractivity contribution < 1.29 is 15.0 Å². The second-order valence-electron chi connectivity index (χ2n) is 3.63. The lowest BCUT2D eigenvalue weighted by atomic mass is 9.96. The number of carboxylic acids is 1. The van der Waals surface area contributed by atoms with Gasteiger partial charge in [0.1, 0.15) is 11.8 Å². The molecule has 2 rings (SSSR count). The van der Waals surface area contributed by atoms with E-state index in [9.17, 15) is 9.90 Å². The van der Waals surface area contributed by atoms with Gasteiger partial charge >= 0.3 is 5.97 Å². The van der Waals surface area contributed by atoms with Crippen LogP contribution in [0.3, 0.4) is 0 Å². The summed E-state index contributed by atoms with van der Waals surface area (Å²) in [7, 11) is 0. The lowest BCUT2D eigenvalue weighted by Crippen LogP contribution is -2.42. The fraction of sp³-hybridized carbons (Fsp3) is 0.300. The van der Waals surface area contributed by atoms with Crippen molar-refractivity contribution in [3.05, 3.63) is 24.3 Å². The fourth-order valence-electron chi connectivity index (χ4n) is 1.76. The van der Waals surface area contributed by atoms with E-state index in [0.717, 1.165) is 18.3 Å². The summed E-state index contributed by atoms with van der Waals surface area (Å²) in [4.78, 5) is 10.9. The average molecular weight is 481 g/mol. The number of carbonyl (C=O) groups is 1. The van der Waals surface area contributed by atoms with Gasteiger partial charge in [0.15, 0.2) is 0 Å². The highest BCUT2D eigenvalue weighted by atomic mass is 127. The summed E-state index contributed by atoms with van der Waals surface area (Å²) in [5, 5.41) is 21.7. The van der Waals surface area contributed by atoms with Gasteiger partial charge in [-0.15, -0.1) is 12.4 Å². The summed E-state index contributed by atoms with van der Waals surface area (Å²) >= 11 is 4.15. The maximum absolute atomic E-state index is 10.9. The molecule has 1 aliphatic rings. The number of halogens is 3. The van der Waals surface area contributed by atoms with Gasteiger partial charge in [0, 0.05) is 6.54 Å². The molecule has 0 spiro atoms. The molecule has 94 valence electrons. The largest absolute Gasteiger partial charge is 0.506 e. The van der Waals surface area contributed by atoms with Gasteiger partial charge in [0.2, 0.25) is 0 Å². The zero-order valence-corrected chi connectivity index (χ0v) is 13.7. The zero-order chi connectivity index (χ0) is 11.9. The molecular weight excluding hydrogens is 471 g/mol. The Balaban J connectivity index is 0.00000144. The van der Waals surface area contributed by atoms with Gasteiger partial charge < -0.3 is 10.2 Å². The molecule has 0 radical (unpaired) electrons. The third-order valence-electron chi connectivity index (χ3n) is 2.64. The number of hydrogen-bond donors (Lipinski definition) is 3.